The van der Waals surface area contributed by atoms with Crippen molar-refractivity contribution in [3.8, 4) is 0 Å². The van der Waals surface area contributed by atoms with Crippen LogP contribution in [0.3, 0.4) is 0 Å². The van der Waals surface area contributed by atoms with Crippen molar-refractivity contribution >= 4 is 26.4 Å². The van der Waals surface area contributed by atoms with Crippen LogP contribution in [0.2, 0.25) is 0 Å². The molecule has 102 valence electrons. The molecule has 0 aliphatic rings. The van der Waals surface area contributed by atoms with E-state index in [1.807, 2.05) is 42.6 Å². The SMILES string of the molecule is C[C@H](N=Cc1ccccn1)c1ccccc1.[Cl][Fe][Cl]. The Morgan fingerprint density at radius 1 is 1.11 bits per heavy atom. The molecule has 0 aliphatic carbocycles. The first-order valence-electron chi connectivity index (χ1n) is 5.62. The topological polar surface area (TPSA) is 25.2 Å². The molecule has 0 N–H and O–H groups in total. The van der Waals surface area contributed by atoms with E-state index in [2.05, 4.69) is 29.0 Å². The van der Waals surface area contributed by atoms with E-state index in [1.54, 1.807) is 6.20 Å². The van der Waals surface area contributed by atoms with Crippen LogP contribution in [-0.4, -0.2) is 11.2 Å². The summed E-state index contributed by atoms with van der Waals surface area (Å²) in [7, 11) is 9.53. The normalized spacial score (nSPS) is 11.9. The van der Waals surface area contributed by atoms with Gasteiger partial charge in [-0.15, -0.1) is 0 Å². The molecule has 0 saturated heterocycles. The number of halogens is 2. The van der Waals surface area contributed by atoms with Gasteiger partial charge in [0.2, 0.25) is 0 Å². The van der Waals surface area contributed by atoms with Crippen LogP contribution in [0, 0.1) is 0 Å². The molecule has 2 aromatic rings. The second-order valence-corrected chi connectivity index (χ2v) is 5.49. The van der Waals surface area contributed by atoms with E-state index in [-0.39, 0.29) is 19.2 Å². The number of aliphatic imine (C=N–C) groups is 1. The Morgan fingerprint density at radius 3 is 2.32 bits per heavy atom. The van der Waals surface area contributed by atoms with Gasteiger partial charge in [-0.25, -0.2) is 0 Å². The Bertz CT molecular complexity index is 477. The molecule has 0 spiro atoms. The van der Waals surface area contributed by atoms with E-state index >= 15 is 0 Å². The Hall–Kier alpha value is -0.861. The molecule has 0 bridgehead atoms. The van der Waals surface area contributed by atoms with Crippen molar-refractivity contribution in [3.05, 3.63) is 66.0 Å². The number of benzene rings is 1. The van der Waals surface area contributed by atoms with Crippen molar-refractivity contribution in [2.45, 2.75) is 13.0 Å². The maximum atomic E-state index is 4.76. The molecule has 5 heteroatoms. The summed E-state index contributed by atoms with van der Waals surface area (Å²) in [6, 6.07) is 16.2. The van der Waals surface area contributed by atoms with Gasteiger partial charge < -0.3 is 0 Å². The molecular weight excluding hydrogens is 323 g/mol. The van der Waals surface area contributed by atoms with Crippen LogP contribution in [0.1, 0.15) is 24.2 Å². The summed E-state index contributed by atoms with van der Waals surface area (Å²) in [5.74, 6) is 0. The van der Waals surface area contributed by atoms with Crippen LogP contribution >= 0.6 is 20.2 Å². The standard InChI is InChI=1S/C14H14N2.2ClH.Fe/c1-12(13-7-3-2-4-8-13)16-11-14-9-5-6-10-15-14;;;/h2-12H,1H3;2*1H;/q;;;+2/p-2/t12-;;;/m0.../s1. The third kappa shape index (κ3) is 6.74. The first-order chi connectivity index (χ1) is 9.27. The molecule has 1 atom stereocenters. The molecule has 2 rings (SSSR count). The first kappa shape index (κ1) is 16.2. The zero-order valence-corrected chi connectivity index (χ0v) is 13.0. The number of hydrogen-bond donors (Lipinski definition) is 0. The minimum atomic E-state index is 0.170. The Morgan fingerprint density at radius 2 is 1.74 bits per heavy atom. The zero-order valence-electron chi connectivity index (χ0n) is 10.4. The predicted octanol–water partition coefficient (Wildman–Crippen LogP) is 4.64. The van der Waals surface area contributed by atoms with Crippen LogP contribution in [-0.2, 0) is 13.1 Å². The number of hydrogen-bond acceptors (Lipinski definition) is 2. The second-order valence-electron chi connectivity index (χ2n) is 3.67. The van der Waals surface area contributed by atoms with Gasteiger partial charge in [-0.2, -0.15) is 0 Å². The summed E-state index contributed by atoms with van der Waals surface area (Å²) in [6.07, 6.45) is 3.59. The summed E-state index contributed by atoms with van der Waals surface area (Å²) in [4.78, 5) is 8.67. The van der Waals surface area contributed by atoms with Crippen LogP contribution in [0.25, 0.3) is 0 Å². The van der Waals surface area contributed by atoms with E-state index in [9.17, 15) is 0 Å². The average Bonchev–Trinajstić information content (AvgIpc) is 2.47. The Labute approximate surface area is 128 Å². The van der Waals surface area contributed by atoms with Gasteiger partial charge in [-0.1, -0.05) is 36.4 Å². The molecule has 2 nitrogen and oxygen atoms in total. The molecule has 0 fully saturated rings. The van der Waals surface area contributed by atoms with Gasteiger partial charge in [0.05, 0.1) is 11.7 Å². The molecule has 19 heavy (non-hydrogen) atoms. The number of pyridine rings is 1. The van der Waals surface area contributed by atoms with Crippen LogP contribution in [0.15, 0.2) is 59.7 Å². The molecule has 1 aromatic heterocycles. The molecular formula is C14H14Cl2FeN2. The second kappa shape index (κ2) is 9.99. The molecule has 0 amide bonds. The van der Waals surface area contributed by atoms with Crippen molar-refractivity contribution < 1.29 is 13.1 Å². The van der Waals surface area contributed by atoms with Gasteiger partial charge in [-0.05, 0) is 24.6 Å². The molecule has 1 aromatic carbocycles. The third-order valence-corrected chi connectivity index (χ3v) is 2.40. The van der Waals surface area contributed by atoms with Gasteiger partial charge in [-0.3, -0.25) is 9.98 Å². The van der Waals surface area contributed by atoms with Gasteiger partial charge >= 0.3 is 33.3 Å². The average molecular weight is 337 g/mol. The minimum absolute atomic E-state index is 0.170. The number of nitrogens with zero attached hydrogens (tertiary/aromatic N) is 2. The van der Waals surface area contributed by atoms with Gasteiger partial charge in [0.1, 0.15) is 0 Å². The van der Waals surface area contributed by atoms with E-state index in [0.717, 1.165) is 5.69 Å². The number of rotatable bonds is 3. The monoisotopic (exact) mass is 336 g/mol. The van der Waals surface area contributed by atoms with Gasteiger partial charge in [0.15, 0.2) is 0 Å². The van der Waals surface area contributed by atoms with E-state index < -0.39 is 0 Å². The maximum absolute atomic E-state index is 4.76. The summed E-state index contributed by atoms with van der Waals surface area (Å²) in [6.45, 7) is 2.08. The Balaban J connectivity index is 0.000000550. The summed E-state index contributed by atoms with van der Waals surface area (Å²) < 4.78 is 0. The Kier molecular flexibility index (Phi) is 8.52. The fourth-order valence-corrected chi connectivity index (χ4v) is 1.46. The molecule has 0 aliphatic heterocycles. The van der Waals surface area contributed by atoms with E-state index in [4.69, 9.17) is 20.2 Å². The number of aromatic nitrogens is 1. The molecule has 0 radical (unpaired) electrons. The van der Waals surface area contributed by atoms with Crippen LogP contribution < -0.4 is 0 Å². The fourth-order valence-electron chi connectivity index (χ4n) is 1.46. The summed E-state index contributed by atoms with van der Waals surface area (Å²) in [5.41, 5.74) is 2.11. The molecule has 0 unspecified atom stereocenters. The van der Waals surface area contributed by atoms with E-state index in [0.29, 0.717) is 0 Å². The first-order valence-corrected chi connectivity index (χ1v) is 8.66. The van der Waals surface area contributed by atoms with E-state index in [1.165, 1.54) is 5.56 Å². The van der Waals surface area contributed by atoms with Crippen molar-refractivity contribution in [3.63, 3.8) is 0 Å². The fraction of sp³-hybridized carbons (Fsp3) is 0.143. The molecule has 1 heterocycles. The van der Waals surface area contributed by atoms with Gasteiger partial charge in [0.25, 0.3) is 0 Å². The van der Waals surface area contributed by atoms with Gasteiger partial charge in [0, 0.05) is 12.4 Å². The van der Waals surface area contributed by atoms with Crippen molar-refractivity contribution in [1.82, 2.24) is 4.98 Å². The van der Waals surface area contributed by atoms with Crippen LogP contribution in [0.5, 0.6) is 0 Å². The third-order valence-electron chi connectivity index (χ3n) is 2.40. The van der Waals surface area contributed by atoms with Crippen molar-refractivity contribution in [1.29, 1.82) is 0 Å². The molecule has 0 saturated carbocycles. The summed E-state index contributed by atoms with van der Waals surface area (Å²) in [5, 5.41) is 0. The quantitative estimate of drug-likeness (QED) is 0.592. The van der Waals surface area contributed by atoms with Crippen LogP contribution in [0.4, 0.5) is 0 Å². The van der Waals surface area contributed by atoms with Crippen molar-refractivity contribution in [2.24, 2.45) is 4.99 Å². The van der Waals surface area contributed by atoms with Crippen molar-refractivity contribution in [2.75, 3.05) is 0 Å². The zero-order chi connectivity index (χ0) is 13.9. The summed E-state index contributed by atoms with van der Waals surface area (Å²) >= 11 is 0.194. The predicted molar refractivity (Wildman–Crippen MR) is 78.4 cm³/mol.